The number of hydrogen-bond acceptors (Lipinski definition) is 13. The summed E-state index contributed by atoms with van der Waals surface area (Å²) in [4.78, 5) is 79.5. The zero-order valence-electron chi connectivity index (χ0n) is 30.3. The molecule has 2 aliphatic heterocycles. The lowest BCUT2D eigenvalue weighted by Gasteiger charge is -2.27. The Morgan fingerprint density at radius 3 is 1.78 bits per heavy atom. The van der Waals surface area contributed by atoms with E-state index >= 15 is 0 Å². The summed E-state index contributed by atoms with van der Waals surface area (Å²) >= 11 is 0. The first kappa shape index (κ1) is 40.3. The average molecular weight is 704 g/mol. The Balaban J connectivity index is 1.48. The van der Waals surface area contributed by atoms with Crippen LogP contribution in [0.4, 0.5) is 11.9 Å². The lowest BCUT2D eigenvalue weighted by atomic mass is 10.1. The molecule has 5 atom stereocenters. The smallest absolute Gasteiger partial charge is 0.322 e. The van der Waals surface area contributed by atoms with Gasteiger partial charge in [0.1, 0.15) is 18.4 Å². The van der Waals surface area contributed by atoms with Gasteiger partial charge in [0.05, 0.1) is 25.2 Å². The molecule has 3 rings (SSSR count). The molecule has 0 saturated carbocycles. The normalized spacial score (nSPS) is 18.1. The van der Waals surface area contributed by atoms with Gasteiger partial charge in [-0.15, -0.1) is 0 Å². The number of likely N-dealkylation sites (tertiary alicyclic amines) is 2. The van der Waals surface area contributed by atoms with E-state index in [-0.39, 0.29) is 29.6 Å². The third-order valence-electron chi connectivity index (χ3n) is 9.24. The lowest BCUT2D eigenvalue weighted by molar-refractivity contribution is -0.139. The number of likely N-dealkylation sites (N-methyl/N-ethyl adjacent to an activating group) is 2. The molecule has 50 heavy (non-hydrogen) atoms. The molecule has 2 saturated heterocycles. The SMILES string of the molecule is CNC(C)C(=O)N[C@@H](CCCCNc1nc(NCCCCC(NC(=O)[C@H](C)NC)C(=O)N2CCCC2)nc(OC)n1)C(=O)N1CCCC1C=O. The van der Waals surface area contributed by atoms with Crippen LogP contribution < -0.4 is 36.6 Å². The number of carbonyl (C=O) groups excluding carboxylic acids is 5. The first-order valence-electron chi connectivity index (χ1n) is 17.9. The number of aromatic nitrogens is 3. The standard InChI is InChI=1S/C33H57N11O6/c1-22(34-3)27(46)38-25(29(48)43-18-10-11-19-43)14-6-8-16-36-31-40-32(42-33(41-31)50-5)37-17-9-7-15-26(39-28(47)23(2)35-4)30(49)44-20-12-13-24(44)21-45/h21-26,34-35H,6-20H2,1-5H3,(H,38,46)(H,39,47)(H2,36,37,40,41,42)/t22-,23?,24?,25?,26-/m0/s1. The summed E-state index contributed by atoms with van der Waals surface area (Å²) in [7, 11) is 4.86. The van der Waals surface area contributed by atoms with E-state index in [2.05, 4.69) is 46.9 Å². The van der Waals surface area contributed by atoms with Crippen molar-refractivity contribution < 1.29 is 28.7 Å². The summed E-state index contributed by atoms with van der Waals surface area (Å²) < 4.78 is 5.27. The van der Waals surface area contributed by atoms with Crippen molar-refractivity contribution in [2.24, 2.45) is 0 Å². The molecule has 17 nitrogen and oxygen atoms in total. The van der Waals surface area contributed by atoms with Crippen LogP contribution in [0.2, 0.25) is 0 Å². The van der Waals surface area contributed by atoms with Gasteiger partial charge in [-0.2, -0.15) is 15.0 Å². The molecule has 0 spiro atoms. The highest BCUT2D eigenvalue weighted by Crippen LogP contribution is 2.19. The highest BCUT2D eigenvalue weighted by atomic mass is 16.5. The Bertz CT molecular complexity index is 1260. The van der Waals surface area contributed by atoms with Gasteiger partial charge >= 0.3 is 6.01 Å². The molecule has 2 fully saturated rings. The molecule has 17 heteroatoms. The number of methoxy groups -OCH3 is 1. The number of amides is 4. The number of hydrogen-bond donors (Lipinski definition) is 6. The summed E-state index contributed by atoms with van der Waals surface area (Å²) in [5, 5.41) is 18.0. The summed E-state index contributed by atoms with van der Waals surface area (Å²) in [6.45, 7) is 6.47. The van der Waals surface area contributed by atoms with Crippen LogP contribution in [0.15, 0.2) is 0 Å². The van der Waals surface area contributed by atoms with Crippen LogP contribution in [0, 0.1) is 0 Å². The van der Waals surface area contributed by atoms with Crippen molar-refractivity contribution in [3.05, 3.63) is 0 Å². The molecule has 280 valence electrons. The predicted molar refractivity (Wildman–Crippen MR) is 189 cm³/mol. The van der Waals surface area contributed by atoms with E-state index in [0.29, 0.717) is 76.5 Å². The minimum atomic E-state index is -0.728. The molecular weight excluding hydrogens is 646 g/mol. The van der Waals surface area contributed by atoms with Crippen molar-refractivity contribution in [3.8, 4) is 6.01 Å². The van der Waals surface area contributed by atoms with E-state index < -0.39 is 30.2 Å². The maximum absolute atomic E-state index is 13.3. The third kappa shape index (κ3) is 12.3. The monoisotopic (exact) mass is 703 g/mol. The quantitative estimate of drug-likeness (QED) is 0.0697. The number of carbonyl (C=O) groups is 5. The van der Waals surface area contributed by atoms with Crippen LogP contribution >= 0.6 is 0 Å². The zero-order valence-corrected chi connectivity index (χ0v) is 30.3. The molecule has 0 aromatic carbocycles. The summed E-state index contributed by atoms with van der Waals surface area (Å²) in [6.07, 6.45) is 7.80. The minimum absolute atomic E-state index is 0.0292. The molecule has 0 bridgehead atoms. The molecule has 0 aliphatic carbocycles. The van der Waals surface area contributed by atoms with Gasteiger partial charge < -0.3 is 51.2 Å². The highest BCUT2D eigenvalue weighted by molar-refractivity contribution is 5.91. The molecular formula is C33H57N11O6. The van der Waals surface area contributed by atoms with Crippen molar-refractivity contribution >= 4 is 41.8 Å². The van der Waals surface area contributed by atoms with Gasteiger partial charge in [0, 0.05) is 32.7 Å². The fraction of sp³-hybridized carbons (Fsp3) is 0.758. The maximum atomic E-state index is 13.3. The van der Waals surface area contributed by atoms with E-state index in [1.165, 1.54) is 7.11 Å². The first-order valence-corrected chi connectivity index (χ1v) is 17.9. The second-order valence-electron chi connectivity index (χ2n) is 12.9. The topological polar surface area (TPSA) is 212 Å². The van der Waals surface area contributed by atoms with Crippen molar-refractivity contribution in [2.75, 3.05) is 64.6 Å². The Labute approximate surface area is 295 Å². The molecule has 3 heterocycles. The van der Waals surface area contributed by atoms with Crippen molar-refractivity contribution in [3.63, 3.8) is 0 Å². The van der Waals surface area contributed by atoms with Crippen LogP contribution in [0.3, 0.4) is 0 Å². The number of ether oxygens (including phenoxy) is 1. The number of nitrogens with zero attached hydrogens (tertiary/aromatic N) is 5. The summed E-state index contributed by atoms with van der Waals surface area (Å²) in [5.74, 6) is -0.0735. The van der Waals surface area contributed by atoms with E-state index in [0.717, 1.165) is 38.6 Å². The second kappa shape index (κ2) is 21.2. The van der Waals surface area contributed by atoms with Crippen molar-refractivity contribution in [2.45, 2.75) is 108 Å². The first-order chi connectivity index (χ1) is 24.1. The Kier molecular flexibility index (Phi) is 17.1. The Morgan fingerprint density at radius 2 is 1.30 bits per heavy atom. The molecule has 2 aliphatic rings. The van der Waals surface area contributed by atoms with Crippen LogP contribution in [-0.4, -0.2) is 139 Å². The molecule has 6 N–H and O–H groups in total. The molecule has 4 amide bonds. The van der Waals surface area contributed by atoms with Gasteiger partial charge in [-0.3, -0.25) is 19.2 Å². The van der Waals surface area contributed by atoms with Crippen LogP contribution in [0.5, 0.6) is 6.01 Å². The minimum Gasteiger partial charge on any atom is -0.467 e. The van der Waals surface area contributed by atoms with Gasteiger partial charge in [-0.05, 0) is 92.2 Å². The summed E-state index contributed by atoms with van der Waals surface area (Å²) in [6, 6.07) is -2.47. The van der Waals surface area contributed by atoms with Crippen LogP contribution in [0.25, 0.3) is 0 Å². The fourth-order valence-electron chi connectivity index (χ4n) is 5.89. The number of rotatable bonds is 22. The largest absolute Gasteiger partial charge is 0.467 e. The fourth-order valence-corrected chi connectivity index (χ4v) is 5.89. The van der Waals surface area contributed by atoms with Gasteiger partial charge in [-0.25, -0.2) is 0 Å². The predicted octanol–water partition coefficient (Wildman–Crippen LogP) is 0.0423. The highest BCUT2D eigenvalue weighted by Gasteiger charge is 2.34. The lowest BCUT2D eigenvalue weighted by Crippen LogP contribution is -2.53. The second-order valence-corrected chi connectivity index (χ2v) is 12.9. The number of nitrogens with one attached hydrogen (secondary N) is 6. The summed E-state index contributed by atoms with van der Waals surface area (Å²) in [5.41, 5.74) is 0. The van der Waals surface area contributed by atoms with Gasteiger partial charge in [-0.1, -0.05) is 0 Å². The van der Waals surface area contributed by atoms with Crippen LogP contribution in [0.1, 0.15) is 78.1 Å². The third-order valence-corrected chi connectivity index (χ3v) is 9.24. The average Bonchev–Trinajstić information content (AvgIpc) is 3.85. The molecule has 3 unspecified atom stereocenters. The number of unbranched alkanes of at least 4 members (excludes halogenated alkanes) is 2. The van der Waals surface area contributed by atoms with E-state index in [1.54, 1.807) is 32.8 Å². The van der Waals surface area contributed by atoms with Gasteiger partial charge in [0.2, 0.25) is 35.5 Å². The van der Waals surface area contributed by atoms with E-state index in [9.17, 15) is 24.0 Å². The number of aldehydes is 1. The molecule has 0 radical (unpaired) electrons. The molecule has 1 aromatic heterocycles. The van der Waals surface area contributed by atoms with E-state index in [4.69, 9.17) is 4.74 Å². The van der Waals surface area contributed by atoms with E-state index in [1.807, 2.05) is 4.90 Å². The molecule has 1 aromatic rings. The number of anilines is 2. The Hall–Kier alpha value is -4.12. The maximum Gasteiger partial charge on any atom is 0.322 e. The Morgan fingerprint density at radius 1 is 0.780 bits per heavy atom. The van der Waals surface area contributed by atoms with Crippen molar-refractivity contribution in [1.82, 2.24) is 46.0 Å². The van der Waals surface area contributed by atoms with Gasteiger partial charge in [0.25, 0.3) is 0 Å². The van der Waals surface area contributed by atoms with Gasteiger partial charge in [0.15, 0.2) is 0 Å². The van der Waals surface area contributed by atoms with Crippen molar-refractivity contribution in [1.29, 1.82) is 0 Å². The van der Waals surface area contributed by atoms with Crippen LogP contribution in [-0.2, 0) is 24.0 Å². The zero-order chi connectivity index (χ0) is 36.5.